The lowest BCUT2D eigenvalue weighted by Crippen LogP contribution is -2.41. The van der Waals surface area contributed by atoms with Gasteiger partial charge >= 0.3 is 0 Å². The molecular formula is C10H20N3+. The Morgan fingerprint density at radius 2 is 2.08 bits per heavy atom. The molecular weight excluding hydrogens is 162 g/mol. The summed E-state index contributed by atoms with van der Waals surface area (Å²) < 4.78 is 1.01. The van der Waals surface area contributed by atoms with Crippen LogP contribution in [0.3, 0.4) is 0 Å². The molecule has 3 nitrogen and oxygen atoms in total. The summed E-state index contributed by atoms with van der Waals surface area (Å²) in [5, 5.41) is 0. The van der Waals surface area contributed by atoms with Crippen molar-refractivity contribution in [1.82, 2.24) is 9.80 Å². The number of nitrogens with zero attached hydrogens (tertiary/aromatic N) is 3. The van der Waals surface area contributed by atoms with E-state index in [1.165, 1.54) is 0 Å². The molecule has 1 heterocycles. The van der Waals surface area contributed by atoms with Crippen molar-refractivity contribution < 1.29 is 4.48 Å². The summed E-state index contributed by atoms with van der Waals surface area (Å²) in [5.74, 6) is 0. The topological polar surface area (TPSA) is 6.48 Å². The molecule has 0 fully saturated rings. The van der Waals surface area contributed by atoms with E-state index in [0.29, 0.717) is 0 Å². The second-order valence-electron chi connectivity index (χ2n) is 4.46. The van der Waals surface area contributed by atoms with Crippen molar-refractivity contribution in [1.29, 1.82) is 0 Å². The Bertz CT molecular complexity index is 203. The van der Waals surface area contributed by atoms with E-state index in [1.807, 2.05) is 6.20 Å². The second kappa shape index (κ2) is 3.83. The van der Waals surface area contributed by atoms with Gasteiger partial charge in [-0.3, -0.25) is 0 Å². The molecule has 0 aromatic rings. The highest BCUT2D eigenvalue weighted by molar-refractivity contribution is 4.94. The van der Waals surface area contributed by atoms with Crippen LogP contribution in [0.15, 0.2) is 25.2 Å². The molecule has 13 heavy (non-hydrogen) atoms. The zero-order chi connectivity index (χ0) is 9.90. The number of likely N-dealkylation sites (N-methyl/N-ethyl adjacent to an activating group) is 1. The molecule has 3 heteroatoms. The van der Waals surface area contributed by atoms with Gasteiger partial charge in [-0.1, -0.05) is 6.58 Å². The van der Waals surface area contributed by atoms with E-state index in [0.717, 1.165) is 24.2 Å². The fourth-order valence-corrected chi connectivity index (χ4v) is 1.18. The summed E-state index contributed by atoms with van der Waals surface area (Å²) >= 11 is 0. The van der Waals surface area contributed by atoms with Crippen LogP contribution in [0.25, 0.3) is 0 Å². The largest absolute Gasteiger partial charge is 0.353 e. The summed E-state index contributed by atoms with van der Waals surface area (Å²) in [6, 6.07) is 0. The number of hydrogen-bond acceptors (Lipinski definition) is 2. The Kier molecular flexibility index (Phi) is 2.98. The molecule has 0 aromatic carbocycles. The Labute approximate surface area is 81.1 Å². The van der Waals surface area contributed by atoms with Crippen LogP contribution in [0, 0.1) is 0 Å². The third kappa shape index (κ3) is 3.51. The summed E-state index contributed by atoms with van der Waals surface area (Å²) in [7, 11) is 6.64. The maximum Gasteiger partial charge on any atom is 0.0959 e. The molecule has 0 bridgehead atoms. The van der Waals surface area contributed by atoms with Gasteiger partial charge < -0.3 is 14.3 Å². The monoisotopic (exact) mass is 182 g/mol. The van der Waals surface area contributed by atoms with Gasteiger partial charge in [0.05, 0.1) is 40.9 Å². The molecule has 0 saturated carbocycles. The van der Waals surface area contributed by atoms with Gasteiger partial charge in [0, 0.05) is 12.4 Å². The number of quaternary nitrogens is 1. The molecule has 0 radical (unpaired) electrons. The van der Waals surface area contributed by atoms with Crippen LogP contribution in [0.5, 0.6) is 0 Å². The van der Waals surface area contributed by atoms with E-state index < -0.39 is 0 Å². The average molecular weight is 182 g/mol. The molecule has 1 rings (SSSR count). The Morgan fingerprint density at radius 3 is 2.54 bits per heavy atom. The van der Waals surface area contributed by atoms with Crippen LogP contribution in [-0.2, 0) is 0 Å². The molecule has 0 atom stereocenters. The van der Waals surface area contributed by atoms with E-state index in [-0.39, 0.29) is 0 Å². The number of rotatable bonds is 4. The third-order valence-electron chi connectivity index (χ3n) is 2.11. The predicted octanol–water partition coefficient (Wildman–Crippen LogP) is 0.882. The minimum absolute atomic E-state index is 0.948. The van der Waals surface area contributed by atoms with Crippen LogP contribution in [0.2, 0.25) is 0 Å². The molecule has 1 aliphatic rings. The molecule has 1 aliphatic heterocycles. The van der Waals surface area contributed by atoms with Crippen molar-refractivity contribution in [3.8, 4) is 0 Å². The van der Waals surface area contributed by atoms with E-state index in [1.54, 1.807) is 0 Å². The van der Waals surface area contributed by atoms with Crippen LogP contribution in [0.1, 0.15) is 0 Å². The van der Waals surface area contributed by atoms with Crippen molar-refractivity contribution in [2.45, 2.75) is 0 Å². The summed E-state index contributed by atoms with van der Waals surface area (Å²) in [4.78, 5) is 4.38. The van der Waals surface area contributed by atoms with Gasteiger partial charge in [-0.05, 0) is 6.20 Å². The van der Waals surface area contributed by atoms with Gasteiger partial charge in [0.25, 0.3) is 0 Å². The van der Waals surface area contributed by atoms with E-state index in [2.05, 4.69) is 49.9 Å². The summed E-state index contributed by atoms with van der Waals surface area (Å²) in [5.41, 5.74) is 0. The maximum absolute atomic E-state index is 3.73. The van der Waals surface area contributed by atoms with Gasteiger partial charge in [0.2, 0.25) is 0 Å². The highest BCUT2D eigenvalue weighted by Crippen LogP contribution is 2.06. The first-order chi connectivity index (χ1) is 6.01. The van der Waals surface area contributed by atoms with Crippen molar-refractivity contribution in [2.24, 2.45) is 0 Å². The molecule has 0 aliphatic carbocycles. The highest BCUT2D eigenvalue weighted by Gasteiger charge is 2.13. The normalized spacial score (nSPS) is 16.8. The Balaban J connectivity index is 2.26. The molecule has 0 saturated heterocycles. The average Bonchev–Trinajstić information content (AvgIpc) is 2.47. The van der Waals surface area contributed by atoms with E-state index >= 15 is 0 Å². The minimum Gasteiger partial charge on any atom is -0.353 e. The first kappa shape index (κ1) is 10.1. The lowest BCUT2D eigenvalue weighted by molar-refractivity contribution is -0.869. The van der Waals surface area contributed by atoms with Gasteiger partial charge in [-0.2, -0.15) is 0 Å². The minimum atomic E-state index is 0.948. The number of hydrogen-bond donors (Lipinski definition) is 0. The van der Waals surface area contributed by atoms with E-state index in [4.69, 9.17) is 0 Å². The SMILES string of the molecule is C=CN1C=CN(CC[N+](C)(C)C)C1. The standard InChI is InChI=1S/C10H20N3/c1-5-11-6-7-12(10-11)8-9-13(2,3)4/h5-7H,1,8-10H2,2-4H3/q+1. The fourth-order valence-electron chi connectivity index (χ4n) is 1.18. The van der Waals surface area contributed by atoms with Crippen LogP contribution in [-0.4, -0.2) is 55.2 Å². The van der Waals surface area contributed by atoms with Gasteiger partial charge in [0.15, 0.2) is 0 Å². The zero-order valence-corrected chi connectivity index (χ0v) is 8.90. The quantitative estimate of drug-likeness (QED) is 0.596. The van der Waals surface area contributed by atoms with E-state index in [9.17, 15) is 0 Å². The first-order valence-electron chi connectivity index (χ1n) is 4.62. The van der Waals surface area contributed by atoms with Gasteiger partial charge in [-0.25, -0.2) is 0 Å². The molecule has 0 unspecified atom stereocenters. The predicted molar refractivity (Wildman–Crippen MR) is 55.6 cm³/mol. The lowest BCUT2D eigenvalue weighted by Gasteiger charge is -2.27. The Hall–Kier alpha value is -0.960. The highest BCUT2D eigenvalue weighted by atomic mass is 15.4. The fraction of sp³-hybridized carbons (Fsp3) is 0.600. The van der Waals surface area contributed by atoms with Crippen molar-refractivity contribution in [3.05, 3.63) is 25.2 Å². The van der Waals surface area contributed by atoms with Gasteiger partial charge in [-0.15, -0.1) is 0 Å². The summed E-state index contributed by atoms with van der Waals surface area (Å²) in [6.07, 6.45) is 6.03. The van der Waals surface area contributed by atoms with Crippen LogP contribution >= 0.6 is 0 Å². The maximum atomic E-state index is 3.73. The molecule has 0 aromatic heterocycles. The van der Waals surface area contributed by atoms with Gasteiger partial charge in [0.1, 0.15) is 0 Å². The third-order valence-corrected chi connectivity index (χ3v) is 2.11. The van der Waals surface area contributed by atoms with Crippen molar-refractivity contribution in [2.75, 3.05) is 40.9 Å². The van der Waals surface area contributed by atoms with Crippen molar-refractivity contribution in [3.63, 3.8) is 0 Å². The first-order valence-corrected chi connectivity index (χ1v) is 4.62. The molecule has 0 spiro atoms. The molecule has 0 N–H and O–H groups in total. The Morgan fingerprint density at radius 1 is 1.38 bits per heavy atom. The summed E-state index contributed by atoms with van der Waals surface area (Å²) in [6.45, 7) is 6.94. The lowest BCUT2D eigenvalue weighted by atomic mass is 10.5. The molecule has 74 valence electrons. The molecule has 0 amide bonds. The van der Waals surface area contributed by atoms with Crippen molar-refractivity contribution >= 4 is 0 Å². The smallest absolute Gasteiger partial charge is 0.0959 e. The van der Waals surface area contributed by atoms with Crippen LogP contribution in [0.4, 0.5) is 0 Å². The van der Waals surface area contributed by atoms with Crippen LogP contribution < -0.4 is 0 Å². The second-order valence-corrected chi connectivity index (χ2v) is 4.46. The zero-order valence-electron chi connectivity index (χ0n) is 8.90.